The number of hydrogen-bond acceptors (Lipinski definition) is 4. The molecule has 1 heterocycles. The summed E-state index contributed by atoms with van der Waals surface area (Å²) in [6, 6.07) is 17.6. The van der Waals surface area contributed by atoms with E-state index in [1.54, 1.807) is 11.3 Å². The van der Waals surface area contributed by atoms with Crippen LogP contribution in [-0.2, 0) is 6.42 Å². The van der Waals surface area contributed by atoms with Gasteiger partial charge < -0.3 is 5.73 Å². The molecule has 4 heteroatoms. The van der Waals surface area contributed by atoms with E-state index in [4.69, 9.17) is 11.0 Å². The summed E-state index contributed by atoms with van der Waals surface area (Å²) in [6.07, 6.45) is 0.728. The van der Waals surface area contributed by atoms with Gasteiger partial charge in [-0.15, -0.1) is 11.3 Å². The topological polar surface area (TPSA) is 62.7 Å². The third-order valence-corrected chi connectivity index (χ3v) is 4.33. The first kappa shape index (κ1) is 12.8. The maximum Gasteiger partial charge on any atom is 0.111 e. The molecule has 0 fully saturated rings. The van der Waals surface area contributed by atoms with Crippen molar-refractivity contribution in [2.45, 2.75) is 12.5 Å². The van der Waals surface area contributed by atoms with Gasteiger partial charge in [-0.2, -0.15) is 5.26 Å². The van der Waals surface area contributed by atoms with Crippen LogP contribution in [0.2, 0.25) is 0 Å². The van der Waals surface area contributed by atoms with Crippen LogP contribution in [0.3, 0.4) is 0 Å². The molecule has 0 bridgehead atoms. The molecule has 0 radical (unpaired) electrons. The normalized spacial score (nSPS) is 12.2. The average molecular weight is 279 g/mol. The highest BCUT2D eigenvalue weighted by Gasteiger charge is 2.12. The summed E-state index contributed by atoms with van der Waals surface area (Å²) in [5.41, 5.74) is 9.04. The second kappa shape index (κ2) is 5.41. The molecule has 2 N–H and O–H groups in total. The van der Waals surface area contributed by atoms with Crippen molar-refractivity contribution in [3.8, 4) is 6.07 Å². The molecule has 1 aromatic heterocycles. The number of rotatable bonds is 3. The molecule has 1 unspecified atom stereocenters. The molecule has 3 aromatic rings. The lowest BCUT2D eigenvalue weighted by atomic mass is 10.1. The minimum atomic E-state index is -0.111. The van der Waals surface area contributed by atoms with Gasteiger partial charge in [0.1, 0.15) is 5.01 Å². The maximum atomic E-state index is 8.79. The van der Waals surface area contributed by atoms with Crippen LogP contribution in [0.25, 0.3) is 10.2 Å². The number of para-hydroxylation sites is 1. The summed E-state index contributed by atoms with van der Waals surface area (Å²) in [7, 11) is 0. The third-order valence-electron chi connectivity index (χ3n) is 3.17. The first-order valence-electron chi connectivity index (χ1n) is 6.36. The SMILES string of the molecule is N#Cc1ccc(CC(N)c2nc3ccccc3s2)cc1. The maximum absolute atomic E-state index is 8.79. The zero-order chi connectivity index (χ0) is 13.9. The lowest BCUT2D eigenvalue weighted by molar-refractivity contribution is 0.717. The average Bonchev–Trinajstić information content (AvgIpc) is 2.92. The highest BCUT2D eigenvalue weighted by atomic mass is 32.1. The van der Waals surface area contributed by atoms with E-state index in [1.807, 2.05) is 42.5 Å². The van der Waals surface area contributed by atoms with Crippen LogP contribution in [-0.4, -0.2) is 4.98 Å². The number of nitriles is 1. The summed E-state index contributed by atoms with van der Waals surface area (Å²) < 4.78 is 1.16. The van der Waals surface area contributed by atoms with E-state index in [0.717, 1.165) is 27.2 Å². The Hall–Kier alpha value is -2.22. The molecule has 0 saturated heterocycles. The van der Waals surface area contributed by atoms with Gasteiger partial charge in [0.15, 0.2) is 0 Å². The van der Waals surface area contributed by atoms with Gasteiger partial charge in [-0.3, -0.25) is 0 Å². The molecule has 0 spiro atoms. The van der Waals surface area contributed by atoms with Gasteiger partial charge in [0.25, 0.3) is 0 Å². The summed E-state index contributed by atoms with van der Waals surface area (Å²) in [6.45, 7) is 0. The van der Waals surface area contributed by atoms with E-state index in [-0.39, 0.29) is 6.04 Å². The molecular weight excluding hydrogens is 266 g/mol. The second-order valence-electron chi connectivity index (χ2n) is 4.64. The lowest BCUT2D eigenvalue weighted by Crippen LogP contribution is -2.12. The smallest absolute Gasteiger partial charge is 0.111 e. The van der Waals surface area contributed by atoms with Crippen molar-refractivity contribution in [2.75, 3.05) is 0 Å². The molecule has 3 nitrogen and oxygen atoms in total. The first-order valence-corrected chi connectivity index (χ1v) is 7.18. The molecule has 0 aliphatic carbocycles. The predicted molar refractivity (Wildman–Crippen MR) is 81.4 cm³/mol. The van der Waals surface area contributed by atoms with Crippen LogP contribution in [0.4, 0.5) is 0 Å². The molecule has 20 heavy (non-hydrogen) atoms. The van der Waals surface area contributed by atoms with Gasteiger partial charge in [0.05, 0.1) is 27.9 Å². The quantitative estimate of drug-likeness (QED) is 0.799. The monoisotopic (exact) mass is 279 g/mol. The molecule has 0 aliphatic rings. The standard InChI is InChI=1S/C16H13N3S/c17-10-12-7-5-11(6-8-12)9-13(18)16-19-14-3-1-2-4-15(14)20-16/h1-8,13H,9,18H2. The van der Waals surface area contributed by atoms with Crippen molar-refractivity contribution >= 4 is 21.6 Å². The Bertz CT molecular complexity index is 735. The highest BCUT2D eigenvalue weighted by molar-refractivity contribution is 7.18. The van der Waals surface area contributed by atoms with Crippen molar-refractivity contribution in [2.24, 2.45) is 5.73 Å². The second-order valence-corrected chi connectivity index (χ2v) is 5.70. The first-order chi connectivity index (χ1) is 9.76. The molecule has 2 aromatic carbocycles. The molecular formula is C16H13N3S. The van der Waals surface area contributed by atoms with Crippen molar-refractivity contribution in [1.82, 2.24) is 4.98 Å². The highest BCUT2D eigenvalue weighted by Crippen LogP contribution is 2.26. The van der Waals surface area contributed by atoms with Gasteiger partial charge in [-0.25, -0.2) is 4.98 Å². The van der Waals surface area contributed by atoms with Crippen LogP contribution in [0.15, 0.2) is 48.5 Å². The van der Waals surface area contributed by atoms with Crippen LogP contribution >= 0.6 is 11.3 Å². The van der Waals surface area contributed by atoms with Gasteiger partial charge in [-0.05, 0) is 36.2 Å². The predicted octanol–water partition coefficient (Wildman–Crippen LogP) is 3.41. The van der Waals surface area contributed by atoms with E-state index in [2.05, 4.69) is 17.1 Å². The Morgan fingerprint density at radius 3 is 2.60 bits per heavy atom. The molecule has 0 saturated carbocycles. The number of nitrogens with two attached hydrogens (primary N) is 1. The van der Waals surface area contributed by atoms with E-state index in [9.17, 15) is 0 Å². The number of nitrogens with zero attached hydrogens (tertiary/aromatic N) is 2. The van der Waals surface area contributed by atoms with Crippen molar-refractivity contribution in [3.05, 3.63) is 64.7 Å². The van der Waals surface area contributed by atoms with Crippen molar-refractivity contribution in [1.29, 1.82) is 5.26 Å². The Morgan fingerprint density at radius 2 is 1.90 bits per heavy atom. The van der Waals surface area contributed by atoms with Crippen LogP contribution in [0, 0.1) is 11.3 Å². The van der Waals surface area contributed by atoms with E-state index in [0.29, 0.717) is 5.56 Å². The van der Waals surface area contributed by atoms with E-state index in [1.165, 1.54) is 0 Å². The van der Waals surface area contributed by atoms with Gasteiger partial charge >= 0.3 is 0 Å². The number of thiazole rings is 1. The number of benzene rings is 2. The minimum Gasteiger partial charge on any atom is -0.322 e. The fourth-order valence-corrected chi connectivity index (χ4v) is 3.07. The summed E-state index contributed by atoms with van der Waals surface area (Å²) in [4.78, 5) is 4.58. The van der Waals surface area contributed by atoms with Crippen LogP contribution in [0.1, 0.15) is 22.2 Å². The lowest BCUT2D eigenvalue weighted by Gasteiger charge is -2.08. The van der Waals surface area contributed by atoms with Crippen molar-refractivity contribution in [3.63, 3.8) is 0 Å². The van der Waals surface area contributed by atoms with E-state index >= 15 is 0 Å². The van der Waals surface area contributed by atoms with Gasteiger partial charge in [0.2, 0.25) is 0 Å². The van der Waals surface area contributed by atoms with Gasteiger partial charge in [0, 0.05) is 0 Å². The minimum absolute atomic E-state index is 0.111. The number of hydrogen-bond donors (Lipinski definition) is 1. The summed E-state index contributed by atoms with van der Waals surface area (Å²) in [5.74, 6) is 0. The zero-order valence-electron chi connectivity index (χ0n) is 10.8. The summed E-state index contributed by atoms with van der Waals surface area (Å²) >= 11 is 1.64. The number of fused-ring (bicyclic) bond motifs is 1. The Balaban J connectivity index is 1.81. The molecule has 98 valence electrons. The third kappa shape index (κ3) is 2.55. The fraction of sp³-hybridized carbons (Fsp3) is 0.125. The van der Waals surface area contributed by atoms with Crippen LogP contribution < -0.4 is 5.73 Å². The molecule has 0 aliphatic heterocycles. The molecule has 3 rings (SSSR count). The Kier molecular flexibility index (Phi) is 3.46. The Labute approximate surface area is 121 Å². The Morgan fingerprint density at radius 1 is 1.15 bits per heavy atom. The van der Waals surface area contributed by atoms with E-state index < -0.39 is 0 Å². The molecule has 1 atom stereocenters. The van der Waals surface area contributed by atoms with Crippen molar-refractivity contribution < 1.29 is 0 Å². The van der Waals surface area contributed by atoms with Crippen LogP contribution in [0.5, 0.6) is 0 Å². The number of aromatic nitrogens is 1. The van der Waals surface area contributed by atoms with Gasteiger partial charge in [-0.1, -0.05) is 24.3 Å². The summed E-state index contributed by atoms with van der Waals surface area (Å²) in [5, 5.41) is 9.74. The largest absolute Gasteiger partial charge is 0.322 e. The fourth-order valence-electron chi connectivity index (χ4n) is 2.11. The molecule has 0 amide bonds. The zero-order valence-corrected chi connectivity index (χ0v) is 11.6.